The molecule has 0 bridgehead atoms. The lowest BCUT2D eigenvalue weighted by atomic mass is 9.91. The maximum atomic E-state index is 9.64. The second-order valence-electron chi connectivity index (χ2n) is 4.65. The van der Waals surface area contributed by atoms with Crippen LogP contribution in [-0.2, 0) is 0 Å². The molecule has 1 fully saturated rings. The average Bonchev–Trinajstić information content (AvgIpc) is 2.75. The fourth-order valence-electron chi connectivity index (χ4n) is 3.10. The molecule has 1 aliphatic heterocycles. The molecule has 0 saturated carbocycles. The summed E-state index contributed by atoms with van der Waals surface area (Å²) in [7, 11) is 0. The molecular formula is C12H14ClNO. The molecule has 3 rings (SSSR count). The van der Waals surface area contributed by atoms with E-state index in [1.807, 2.05) is 12.1 Å². The third-order valence-corrected chi connectivity index (χ3v) is 4.25. The molecule has 3 atom stereocenters. The van der Waals surface area contributed by atoms with Gasteiger partial charge in [0.05, 0.1) is 5.02 Å². The summed E-state index contributed by atoms with van der Waals surface area (Å²) in [4.78, 5) is 0. The smallest absolute Gasteiger partial charge is 0.134 e. The van der Waals surface area contributed by atoms with Gasteiger partial charge in [-0.15, -0.1) is 0 Å². The van der Waals surface area contributed by atoms with Crippen LogP contribution in [0.3, 0.4) is 0 Å². The van der Waals surface area contributed by atoms with Crippen molar-refractivity contribution in [2.75, 3.05) is 13.1 Å². The highest BCUT2D eigenvalue weighted by atomic mass is 35.5. The van der Waals surface area contributed by atoms with Crippen molar-refractivity contribution in [2.45, 2.75) is 18.8 Å². The first kappa shape index (κ1) is 9.49. The zero-order valence-electron chi connectivity index (χ0n) is 8.63. The molecule has 3 heteroatoms. The topological polar surface area (TPSA) is 32.3 Å². The molecule has 1 aliphatic carbocycles. The number of halogens is 1. The SMILES string of the molecule is C[C@H]1c2cc(Cl)c(O)cc2[C@H]2CNC[C@H]21. The van der Waals surface area contributed by atoms with Gasteiger partial charge in [-0.1, -0.05) is 18.5 Å². The van der Waals surface area contributed by atoms with E-state index in [1.165, 1.54) is 11.1 Å². The van der Waals surface area contributed by atoms with Gasteiger partial charge in [0.25, 0.3) is 0 Å². The summed E-state index contributed by atoms with van der Waals surface area (Å²) in [6.45, 7) is 4.37. The van der Waals surface area contributed by atoms with Crippen LogP contribution in [0.4, 0.5) is 0 Å². The summed E-state index contributed by atoms with van der Waals surface area (Å²) in [5.74, 6) is 2.02. The fourth-order valence-corrected chi connectivity index (χ4v) is 3.28. The second kappa shape index (κ2) is 3.13. The van der Waals surface area contributed by atoms with Crippen LogP contribution in [0, 0.1) is 5.92 Å². The van der Waals surface area contributed by atoms with Crippen molar-refractivity contribution in [3.63, 3.8) is 0 Å². The molecule has 2 nitrogen and oxygen atoms in total. The van der Waals surface area contributed by atoms with E-state index in [9.17, 15) is 5.11 Å². The van der Waals surface area contributed by atoms with Gasteiger partial charge in [-0.2, -0.15) is 0 Å². The Hall–Kier alpha value is -0.730. The fraction of sp³-hybridized carbons (Fsp3) is 0.500. The van der Waals surface area contributed by atoms with Crippen LogP contribution in [0.1, 0.15) is 29.9 Å². The maximum absolute atomic E-state index is 9.64. The second-order valence-corrected chi connectivity index (χ2v) is 5.06. The molecule has 80 valence electrons. The van der Waals surface area contributed by atoms with Crippen LogP contribution in [0.15, 0.2) is 12.1 Å². The van der Waals surface area contributed by atoms with Gasteiger partial charge in [0, 0.05) is 12.5 Å². The van der Waals surface area contributed by atoms with Crippen LogP contribution in [0.25, 0.3) is 0 Å². The molecule has 2 N–H and O–H groups in total. The van der Waals surface area contributed by atoms with Crippen molar-refractivity contribution in [2.24, 2.45) is 5.92 Å². The number of nitrogens with one attached hydrogen (secondary N) is 1. The van der Waals surface area contributed by atoms with Gasteiger partial charge in [-0.25, -0.2) is 0 Å². The maximum Gasteiger partial charge on any atom is 0.134 e. The Kier molecular flexibility index (Phi) is 1.98. The minimum Gasteiger partial charge on any atom is -0.506 e. The van der Waals surface area contributed by atoms with Gasteiger partial charge in [-0.05, 0) is 41.6 Å². The molecule has 0 amide bonds. The van der Waals surface area contributed by atoms with Crippen LogP contribution in [0.5, 0.6) is 5.75 Å². The van der Waals surface area contributed by atoms with Gasteiger partial charge in [-0.3, -0.25) is 0 Å². The largest absolute Gasteiger partial charge is 0.506 e. The van der Waals surface area contributed by atoms with Crippen LogP contribution >= 0.6 is 11.6 Å². The number of aromatic hydroxyl groups is 1. The zero-order chi connectivity index (χ0) is 10.6. The van der Waals surface area contributed by atoms with Crippen LogP contribution < -0.4 is 5.32 Å². The number of phenolic OH excluding ortho intramolecular Hbond substituents is 1. The quantitative estimate of drug-likeness (QED) is 0.708. The molecule has 1 aromatic rings. The molecule has 1 aromatic carbocycles. The summed E-state index contributed by atoms with van der Waals surface area (Å²) in [5, 5.41) is 13.5. The van der Waals surface area contributed by atoms with Gasteiger partial charge in [0.2, 0.25) is 0 Å². The molecule has 0 aromatic heterocycles. The van der Waals surface area contributed by atoms with E-state index in [0.29, 0.717) is 22.8 Å². The van der Waals surface area contributed by atoms with Crippen molar-refractivity contribution in [1.82, 2.24) is 5.32 Å². The van der Waals surface area contributed by atoms with Gasteiger partial charge in [0.1, 0.15) is 5.75 Å². The molecule has 0 radical (unpaired) electrons. The third-order valence-electron chi connectivity index (χ3n) is 3.95. The van der Waals surface area contributed by atoms with E-state index in [-0.39, 0.29) is 5.75 Å². The minimum absolute atomic E-state index is 0.218. The van der Waals surface area contributed by atoms with Crippen molar-refractivity contribution in [1.29, 1.82) is 0 Å². The lowest BCUT2D eigenvalue weighted by Crippen LogP contribution is -2.12. The number of hydrogen-bond acceptors (Lipinski definition) is 2. The molecule has 0 spiro atoms. The van der Waals surface area contributed by atoms with Crippen LogP contribution in [-0.4, -0.2) is 18.2 Å². The van der Waals surface area contributed by atoms with Crippen molar-refractivity contribution >= 4 is 11.6 Å². The summed E-state index contributed by atoms with van der Waals surface area (Å²) < 4.78 is 0. The zero-order valence-corrected chi connectivity index (χ0v) is 9.38. The molecular weight excluding hydrogens is 210 g/mol. The van der Waals surface area contributed by atoms with Gasteiger partial charge in [0.15, 0.2) is 0 Å². The third kappa shape index (κ3) is 1.21. The number of hydrogen-bond donors (Lipinski definition) is 2. The molecule has 15 heavy (non-hydrogen) atoms. The Balaban J connectivity index is 2.15. The molecule has 2 aliphatic rings. The standard InChI is InChI=1S/C12H14ClNO/c1-6-7-2-11(13)12(15)3-8(7)10-5-14-4-9(6)10/h2-3,6,9-10,14-15H,4-5H2,1H3/t6-,9-,10+/m0/s1. The summed E-state index contributed by atoms with van der Waals surface area (Å²) in [6.07, 6.45) is 0. The molecule has 1 saturated heterocycles. The van der Waals surface area contributed by atoms with Crippen molar-refractivity contribution in [3.05, 3.63) is 28.3 Å². The van der Waals surface area contributed by atoms with Crippen LogP contribution in [0.2, 0.25) is 5.02 Å². The first-order valence-electron chi connectivity index (χ1n) is 5.41. The number of rotatable bonds is 0. The first-order chi connectivity index (χ1) is 7.18. The summed E-state index contributed by atoms with van der Waals surface area (Å²) in [6, 6.07) is 3.79. The van der Waals surface area contributed by atoms with E-state index in [4.69, 9.17) is 11.6 Å². The Morgan fingerprint density at radius 1 is 1.33 bits per heavy atom. The van der Waals surface area contributed by atoms with E-state index in [0.717, 1.165) is 13.1 Å². The van der Waals surface area contributed by atoms with Gasteiger partial charge >= 0.3 is 0 Å². The highest BCUT2D eigenvalue weighted by Gasteiger charge is 2.41. The van der Waals surface area contributed by atoms with E-state index in [1.54, 1.807) is 0 Å². The van der Waals surface area contributed by atoms with Crippen molar-refractivity contribution < 1.29 is 5.11 Å². The Morgan fingerprint density at radius 2 is 2.13 bits per heavy atom. The van der Waals surface area contributed by atoms with E-state index in [2.05, 4.69) is 12.2 Å². The lowest BCUT2D eigenvalue weighted by molar-refractivity contribution is 0.473. The summed E-state index contributed by atoms with van der Waals surface area (Å²) in [5.41, 5.74) is 2.62. The summed E-state index contributed by atoms with van der Waals surface area (Å²) >= 11 is 5.95. The Bertz CT molecular complexity index is 418. The molecule has 1 heterocycles. The normalized spacial score (nSPS) is 32.8. The highest BCUT2D eigenvalue weighted by Crippen LogP contribution is 2.50. The lowest BCUT2D eigenvalue weighted by Gasteiger charge is -2.12. The van der Waals surface area contributed by atoms with E-state index >= 15 is 0 Å². The predicted molar refractivity (Wildman–Crippen MR) is 60.6 cm³/mol. The predicted octanol–water partition coefficient (Wildman–Crippen LogP) is 2.47. The van der Waals surface area contributed by atoms with Gasteiger partial charge < -0.3 is 10.4 Å². The van der Waals surface area contributed by atoms with Crippen molar-refractivity contribution in [3.8, 4) is 5.75 Å². The number of phenols is 1. The number of fused-ring (bicyclic) bond motifs is 3. The first-order valence-corrected chi connectivity index (χ1v) is 5.79. The minimum atomic E-state index is 0.218. The Labute approximate surface area is 94.3 Å². The average molecular weight is 224 g/mol. The molecule has 0 unspecified atom stereocenters. The highest BCUT2D eigenvalue weighted by molar-refractivity contribution is 6.32. The number of benzene rings is 1. The monoisotopic (exact) mass is 223 g/mol. The Morgan fingerprint density at radius 3 is 2.93 bits per heavy atom. The van der Waals surface area contributed by atoms with E-state index < -0.39 is 0 Å².